The van der Waals surface area contributed by atoms with Crippen molar-refractivity contribution in [1.29, 1.82) is 0 Å². The highest BCUT2D eigenvalue weighted by Crippen LogP contribution is 2.23. The van der Waals surface area contributed by atoms with Crippen LogP contribution in [0.25, 0.3) is 10.8 Å². The van der Waals surface area contributed by atoms with Crippen molar-refractivity contribution in [2.75, 3.05) is 7.05 Å². The molecule has 0 aliphatic heterocycles. The average Bonchev–Trinajstić information content (AvgIpc) is 2.39. The summed E-state index contributed by atoms with van der Waals surface area (Å²) in [5.74, 6) is -0.754. The monoisotopic (exact) mass is 243 g/mol. The second-order valence-electron chi connectivity index (χ2n) is 4.38. The third-order valence-electron chi connectivity index (χ3n) is 3.17. The van der Waals surface area contributed by atoms with Crippen molar-refractivity contribution in [3.63, 3.8) is 0 Å². The molecule has 94 valence electrons. The first-order chi connectivity index (χ1) is 8.70. The third kappa shape index (κ3) is 2.87. The van der Waals surface area contributed by atoms with Crippen LogP contribution in [0.5, 0.6) is 0 Å². The van der Waals surface area contributed by atoms with Crippen molar-refractivity contribution in [3.05, 3.63) is 48.0 Å². The van der Waals surface area contributed by atoms with E-state index in [-0.39, 0.29) is 12.5 Å². The van der Waals surface area contributed by atoms with E-state index in [1.807, 2.05) is 19.2 Å². The molecule has 0 spiro atoms. The van der Waals surface area contributed by atoms with Crippen LogP contribution in [0.3, 0.4) is 0 Å². The fourth-order valence-electron chi connectivity index (χ4n) is 2.17. The zero-order valence-corrected chi connectivity index (χ0v) is 10.4. The Balaban J connectivity index is 2.24. The van der Waals surface area contributed by atoms with Crippen LogP contribution in [-0.2, 0) is 4.79 Å². The van der Waals surface area contributed by atoms with Crippen molar-refractivity contribution in [2.24, 2.45) is 0 Å². The Kier molecular flexibility index (Phi) is 3.95. The maximum atomic E-state index is 10.6. The molecule has 0 aliphatic rings. The van der Waals surface area contributed by atoms with E-state index in [1.165, 1.54) is 10.8 Å². The Morgan fingerprint density at radius 1 is 1.22 bits per heavy atom. The molecule has 2 rings (SSSR count). The van der Waals surface area contributed by atoms with Crippen LogP contribution in [0, 0.1) is 0 Å². The number of aliphatic carboxylic acids is 1. The number of carboxylic acids is 1. The second kappa shape index (κ2) is 5.65. The van der Waals surface area contributed by atoms with Gasteiger partial charge in [0.25, 0.3) is 0 Å². The molecule has 0 amide bonds. The fourth-order valence-corrected chi connectivity index (χ4v) is 2.17. The molecular formula is C15H17NO2. The summed E-state index contributed by atoms with van der Waals surface area (Å²) in [5, 5.41) is 14.3. The lowest BCUT2D eigenvalue weighted by Crippen LogP contribution is -2.17. The van der Waals surface area contributed by atoms with Gasteiger partial charge in [-0.2, -0.15) is 0 Å². The highest BCUT2D eigenvalue weighted by Gasteiger charge is 2.11. The predicted octanol–water partition coefficient (Wildman–Crippen LogP) is 2.97. The first-order valence-corrected chi connectivity index (χ1v) is 6.08. The fraction of sp³-hybridized carbons (Fsp3) is 0.267. The Labute approximate surface area is 106 Å². The lowest BCUT2D eigenvalue weighted by Gasteiger charge is -2.16. The molecule has 2 N–H and O–H groups in total. The molecule has 0 saturated heterocycles. The molecule has 3 heteroatoms. The number of fused-ring (bicyclic) bond motifs is 1. The van der Waals surface area contributed by atoms with Crippen molar-refractivity contribution in [3.8, 4) is 0 Å². The molecule has 3 nitrogen and oxygen atoms in total. The van der Waals surface area contributed by atoms with Crippen LogP contribution in [0.1, 0.15) is 24.4 Å². The lowest BCUT2D eigenvalue weighted by molar-refractivity contribution is -0.137. The van der Waals surface area contributed by atoms with Gasteiger partial charge in [0.05, 0.1) is 0 Å². The van der Waals surface area contributed by atoms with E-state index in [4.69, 9.17) is 5.11 Å². The van der Waals surface area contributed by atoms with E-state index in [2.05, 4.69) is 35.6 Å². The minimum atomic E-state index is -0.754. The van der Waals surface area contributed by atoms with Crippen molar-refractivity contribution in [2.45, 2.75) is 18.9 Å². The van der Waals surface area contributed by atoms with Crippen LogP contribution in [0.15, 0.2) is 42.5 Å². The molecular weight excluding hydrogens is 226 g/mol. The van der Waals surface area contributed by atoms with E-state index >= 15 is 0 Å². The van der Waals surface area contributed by atoms with Crippen molar-refractivity contribution >= 4 is 16.7 Å². The van der Waals surface area contributed by atoms with E-state index in [0.717, 1.165) is 5.56 Å². The minimum absolute atomic E-state index is 0.0886. The molecule has 18 heavy (non-hydrogen) atoms. The molecule has 1 unspecified atom stereocenters. The molecule has 0 heterocycles. The Hall–Kier alpha value is -1.87. The molecule has 1 atom stereocenters. The number of nitrogens with one attached hydrogen (secondary N) is 1. The van der Waals surface area contributed by atoms with Gasteiger partial charge in [-0.05, 0) is 35.9 Å². The van der Waals surface area contributed by atoms with Crippen molar-refractivity contribution in [1.82, 2.24) is 5.32 Å². The summed E-state index contributed by atoms with van der Waals surface area (Å²) in [4.78, 5) is 10.6. The van der Waals surface area contributed by atoms with Gasteiger partial charge in [0, 0.05) is 12.5 Å². The maximum Gasteiger partial charge on any atom is 0.303 e. The summed E-state index contributed by atoms with van der Waals surface area (Å²) >= 11 is 0. The van der Waals surface area contributed by atoms with E-state index in [1.54, 1.807) is 0 Å². The van der Waals surface area contributed by atoms with Crippen LogP contribution < -0.4 is 5.32 Å². The van der Waals surface area contributed by atoms with Crippen LogP contribution in [0.4, 0.5) is 0 Å². The molecule has 0 saturated carbocycles. The van der Waals surface area contributed by atoms with Gasteiger partial charge in [0.1, 0.15) is 0 Å². The average molecular weight is 243 g/mol. The van der Waals surface area contributed by atoms with Gasteiger partial charge in [0.2, 0.25) is 0 Å². The first kappa shape index (κ1) is 12.6. The second-order valence-corrected chi connectivity index (χ2v) is 4.38. The first-order valence-electron chi connectivity index (χ1n) is 6.08. The van der Waals surface area contributed by atoms with Gasteiger partial charge in [-0.3, -0.25) is 4.79 Å². The van der Waals surface area contributed by atoms with Gasteiger partial charge < -0.3 is 10.4 Å². The smallest absolute Gasteiger partial charge is 0.303 e. The summed E-state index contributed by atoms with van der Waals surface area (Å²) in [7, 11) is 1.86. The largest absolute Gasteiger partial charge is 0.481 e. The van der Waals surface area contributed by atoms with Gasteiger partial charge >= 0.3 is 5.97 Å². The Bertz CT molecular complexity index is 551. The molecule has 2 aromatic carbocycles. The Morgan fingerprint density at radius 3 is 2.61 bits per heavy atom. The molecule has 0 aliphatic carbocycles. The normalized spacial score (nSPS) is 12.5. The highest BCUT2D eigenvalue weighted by molar-refractivity contribution is 5.83. The van der Waals surface area contributed by atoms with Crippen LogP contribution >= 0.6 is 0 Å². The van der Waals surface area contributed by atoms with Gasteiger partial charge in [-0.1, -0.05) is 36.4 Å². The molecule has 0 fully saturated rings. The molecule has 0 aromatic heterocycles. The van der Waals surface area contributed by atoms with Crippen LogP contribution in [-0.4, -0.2) is 18.1 Å². The summed E-state index contributed by atoms with van der Waals surface area (Å²) in [6.45, 7) is 0. The number of benzene rings is 2. The van der Waals surface area contributed by atoms with Gasteiger partial charge in [0.15, 0.2) is 0 Å². The summed E-state index contributed by atoms with van der Waals surface area (Å²) in [5.41, 5.74) is 1.14. The standard InChI is InChI=1S/C15H17NO2/c1-16-14(8-9-15(17)18)13-7-6-11-4-2-3-5-12(11)10-13/h2-7,10,14,16H,8-9H2,1H3,(H,17,18). The van der Waals surface area contributed by atoms with E-state index < -0.39 is 5.97 Å². The molecule has 0 radical (unpaired) electrons. The molecule has 2 aromatic rings. The number of hydrogen-bond donors (Lipinski definition) is 2. The quantitative estimate of drug-likeness (QED) is 0.848. The van der Waals surface area contributed by atoms with Crippen LogP contribution in [0.2, 0.25) is 0 Å². The van der Waals surface area contributed by atoms with E-state index in [9.17, 15) is 4.79 Å². The third-order valence-corrected chi connectivity index (χ3v) is 3.17. The highest BCUT2D eigenvalue weighted by atomic mass is 16.4. The SMILES string of the molecule is CNC(CCC(=O)O)c1ccc2ccccc2c1. The zero-order chi connectivity index (χ0) is 13.0. The van der Waals surface area contributed by atoms with Gasteiger partial charge in [-0.25, -0.2) is 0 Å². The maximum absolute atomic E-state index is 10.6. The number of carboxylic acid groups (broad SMARTS) is 1. The number of carbonyl (C=O) groups is 1. The zero-order valence-electron chi connectivity index (χ0n) is 10.4. The van der Waals surface area contributed by atoms with Crippen molar-refractivity contribution < 1.29 is 9.90 Å². The summed E-state index contributed by atoms with van der Waals surface area (Å²) in [6.07, 6.45) is 0.780. The minimum Gasteiger partial charge on any atom is -0.481 e. The van der Waals surface area contributed by atoms with E-state index in [0.29, 0.717) is 6.42 Å². The molecule has 0 bridgehead atoms. The lowest BCUT2D eigenvalue weighted by atomic mass is 9.99. The predicted molar refractivity (Wildman–Crippen MR) is 72.6 cm³/mol. The number of rotatable bonds is 5. The summed E-state index contributed by atoms with van der Waals surface area (Å²) < 4.78 is 0. The van der Waals surface area contributed by atoms with Gasteiger partial charge in [-0.15, -0.1) is 0 Å². The topological polar surface area (TPSA) is 49.3 Å². The Morgan fingerprint density at radius 2 is 1.94 bits per heavy atom. The number of hydrogen-bond acceptors (Lipinski definition) is 2. The summed E-state index contributed by atoms with van der Waals surface area (Å²) in [6, 6.07) is 14.5.